The fourth-order valence-corrected chi connectivity index (χ4v) is 3.09. The van der Waals surface area contributed by atoms with Crippen LogP contribution in [0, 0.1) is 5.92 Å². The van der Waals surface area contributed by atoms with Crippen LogP contribution in [-0.4, -0.2) is 37.0 Å². The number of carbonyl (C=O) groups is 1. The molecule has 1 N–H and O–H groups in total. The zero-order valence-corrected chi connectivity index (χ0v) is 13.5. The van der Waals surface area contributed by atoms with Gasteiger partial charge in [0, 0.05) is 25.0 Å². The Morgan fingerprint density at radius 1 is 1.38 bits per heavy atom. The number of likely N-dealkylation sites (tertiary alicyclic amines) is 1. The molecular formula is C17H25ClN2O. The van der Waals surface area contributed by atoms with Crippen LogP contribution in [0.15, 0.2) is 24.3 Å². The van der Waals surface area contributed by atoms with E-state index in [0.29, 0.717) is 5.92 Å². The van der Waals surface area contributed by atoms with E-state index < -0.39 is 0 Å². The molecule has 0 radical (unpaired) electrons. The van der Waals surface area contributed by atoms with Crippen LogP contribution in [0.5, 0.6) is 0 Å². The smallest absolute Gasteiger partial charge is 0.216 e. The van der Waals surface area contributed by atoms with E-state index in [2.05, 4.69) is 22.3 Å². The molecule has 1 fully saturated rings. The third kappa shape index (κ3) is 6.06. The predicted molar refractivity (Wildman–Crippen MR) is 87.6 cm³/mol. The SMILES string of the molecule is CC(=O)NC[C@H]1CCCN(CCCc2ccc(Cl)cc2)C1. The van der Waals surface area contributed by atoms with Gasteiger partial charge in [-0.2, -0.15) is 0 Å². The topological polar surface area (TPSA) is 32.3 Å². The van der Waals surface area contributed by atoms with Crippen molar-refractivity contribution in [2.75, 3.05) is 26.2 Å². The molecule has 0 aromatic heterocycles. The van der Waals surface area contributed by atoms with Gasteiger partial charge in [0.2, 0.25) is 5.91 Å². The Balaban J connectivity index is 1.68. The summed E-state index contributed by atoms with van der Waals surface area (Å²) >= 11 is 5.90. The summed E-state index contributed by atoms with van der Waals surface area (Å²) in [5, 5.41) is 3.75. The lowest BCUT2D eigenvalue weighted by molar-refractivity contribution is -0.119. The van der Waals surface area contributed by atoms with Gasteiger partial charge in [-0.25, -0.2) is 0 Å². The molecule has 0 spiro atoms. The number of aryl methyl sites for hydroxylation is 1. The van der Waals surface area contributed by atoms with E-state index in [4.69, 9.17) is 11.6 Å². The van der Waals surface area contributed by atoms with Gasteiger partial charge in [0.25, 0.3) is 0 Å². The van der Waals surface area contributed by atoms with Gasteiger partial charge in [0.05, 0.1) is 0 Å². The molecule has 1 heterocycles. The van der Waals surface area contributed by atoms with Crippen molar-refractivity contribution in [2.45, 2.75) is 32.6 Å². The summed E-state index contributed by atoms with van der Waals surface area (Å²) in [5.41, 5.74) is 1.35. The Morgan fingerprint density at radius 2 is 2.14 bits per heavy atom. The van der Waals surface area contributed by atoms with Crippen LogP contribution < -0.4 is 5.32 Å². The van der Waals surface area contributed by atoms with Crippen molar-refractivity contribution in [3.8, 4) is 0 Å². The van der Waals surface area contributed by atoms with Crippen molar-refractivity contribution in [3.63, 3.8) is 0 Å². The molecule has 3 nitrogen and oxygen atoms in total. The fourth-order valence-electron chi connectivity index (χ4n) is 2.97. The zero-order chi connectivity index (χ0) is 15.1. The van der Waals surface area contributed by atoms with Crippen LogP contribution >= 0.6 is 11.6 Å². The number of hydrogen-bond donors (Lipinski definition) is 1. The molecule has 1 aliphatic heterocycles. The van der Waals surface area contributed by atoms with Gasteiger partial charge in [-0.05, 0) is 62.4 Å². The second kappa shape index (κ2) is 8.40. The van der Waals surface area contributed by atoms with Crippen molar-refractivity contribution >= 4 is 17.5 Å². The quantitative estimate of drug-likeness (QED) is 0.875. The molecule has 1 aliphatic rings. The standard InChI is InChI=1S/C17H25ClN2O/c1-14(21)19-12-16-5-3-11-20(13-16)10-2-4-15-6-8-17(18)9-7-15/h6-9,16H,2-5,10-13H2,1H3,(H,19,21)/t16-/m1/s1. The van der Waals surface area contributed by atoms with E-state index in [9.17, 15) is 4.79 Å². The molecule has 1 aromatic rings. The Kier molecular flexibility index (Phi) is 6.52. The van der Waals surface area contributed by atoms with Gasteiger partial charge in [-0.15, -0.1) is 0 Å². The molecule has 1 amide bonds. The van der Waals surface area contributed by atoms with Gasteiger partial charge in [-0.1, -0.05) is 23.7 Å². The summed E-state index contributed by atoms with van der Waals surface area (Å²) in [6, 6.07) is 8.14. The summed E-state index contributed by atoms with van der Waals surface area (Å²) in [6.45, 7) is 5.85. The minimum Gasteiger partial charge on any atom is -0.356 e. The molecule has 4 heteroatoms. The van der Waals surface area contributed by atoms with Crippen molar-refractivity contribution in [1.29, 1.82) is 0 Å². The lowest BCUT2D eigenvalue weighted by Crippen LogP contribution is -2.40. The summed E-state index contributed by atoms with van der Waals surface area (Å²) in [5.74, 6) is 0.688. The molecule has 1 aromatic carbocycles. The average molecular weight is 309 g/mol. The maximum absolute atomic E-state index is 11.0. The molecule has 116 valence electrons. The van der Waals surface area contributed by atoms with Crippen LogP contribution in [0.1, 0.15) is 31.7 Å². The highest BCUT2D eigenvalue weighted by atomic mass is 35.5. The zero-order valence-electron chi connectivity index (χ0n) is 12.8. The van der Waals surface area contributed by atoms with Gasteiger partial charge in [0.15, 0.2) is 0 Å². The predicted octanol–water partition coefficient (Wildman–Crippen LogP) is 3.12. The first-order valence-corrected chi connectivity index (χ1v) is 8.22. The van der Waals surface area contributed by atoms with Crippen molar-refractivity contribution in [2.24, 2.45) is 5.92 Å². The lowest BCUT2D eigenvalue weighted by atomic mass is 9.97. The van der Waals surface area contributed by atoms with E-state index in [0.717, 1.165) is 31.1 Å². The molecule has 0 bridgehead atoms. The second-order valence-electron chi connectivity index (χ2n) is 5.98. The molecule has 2 rings (SSSR count). The Morgan fingerprint density at radius 3 is 2.86 bits per heavy atom. The molecule has 0 unspecified atom stereocenters. The van der Waals surface area contributed by atoms with E-state index >= 15 is 0 Å². The minimum atomic E-state index is 0.0786. The number of nitrogens with one attached hydrogen (secondary N) is 1. The number of halogens is 1. The van der Waals surface area contributed by atoms with Crippen molar-refractivity contribution in [1.82, 2.24) is 10.2 Å². The van der Waals surface area contributed by atoms with E-state index in [1.165, 1.54) is 31.4 Å². The van der Waals surface area contributed by atoms with Gasteiger partial charge < -0.3 is 10.2 Å². The lowest BCUT2D eigenvalue weighted by Gasteiger charge is -2.32. The first kappa shape index (κ1) is 16.3. The van der Waals surface area contributed by atoms with Gasteiger partial charge in [-0.3, -0.25) is 4.79 Å². The average Bonchev–Trinajstić information content (AvgIpc) is 2.48. The maximum Gasteiger partial charge on any atom is 0.216 e. The Labute approximate surface area is 132 Å². The summed E-state index contributed by atoms with van der Waals surface area (Å²) in [7, 11) is 0. The molecule has 0 saturated carbocycles. The summed E-state index contributed by atoms with van der Waals surface area (Å²) in [6.07, 6.45) is 4.75. The molecule has 1 atom stereocenters. The molecule has 21 heavy (non-hydrogen) atoms. The fraction of sp³-hybridized carbons (Fsp3) is 0.588. The van der Waals surface area contributed by atoms with Crippen LogP contribution in [-0.2, 0) is 11.2 Å². The Bertz CT molecular complexity index is 447. The number of nitrogens with zero attached hydrogens (tertiary/aromatic N) is 1. The number of rotatable bonds is 6. The largest absolute Gasteiger partial charge is 0.356 e. The van der Waals surface area contributed by atoms with E-state index in [1.54, 1.807) is 6.92 Å². The van der Waals surface area contributed by atoms with E-state index in [-0.39, 0.29) is 5.91 Å². The van der Waals surface area contributed by atoms with Crippen LogP contribution in [0.3, 0.4) is 0 Å². The third-order valence-electron chi connectivity index (χ3n) is 4.10. The van der Waals surface area contributed by atoms with Gasteiger partial charge in [0.1, 0.15) is 0 Å². The number of amides is 1. The van der Waals surface area contributed by atoms with Crippen LogP contribution in [0.2, 0.25) is 5.02 Å². The monoisotopic (exact) mass is 308 g/mol. The van der Waals surface area contributed by atoms with Crippen molar-refractivity contribution in [3.05, 3.63) is 34.9 Å². The number of carbonyl (C=O) groups excluding carboxylic acids is 1. The highest BCUT2D eigenvalue weighted by Crippen LogP contribution is 2.17. The third-order valence-corrected chi connectivity index (χ3v) is 4.35. The number of hydrogen-bond acceptors (Lipinski definition) is 2. The van der Waals surface area contributed by atoms with Crippen molar-refractivity contribution < 1.29 is 4.79 Å². The first-order chi connectivity index (χ1) is 10.1. The summed E-state index contributed by atoms with van der Waals surface area (Å²) < 4.78 is 0. The molecule has 0 aliphatic carbocycles. The normalized spacial score (nSPS) is 19.4. The minimum absolute atomic E-state index is 0.0786. The number of piperidine rings is 1. The Hall–Kier alpha value is -1.06. The molecule has 1 saturated heterocycles. The van der Waals surface area contributed by atoms with E-state index in [1.807, 2.05) is 12.1 Å². The van der Waals surface area contributed by atoms with Crippen LogP contribution in [0.25, 0.3) is 0 Å². The highest BCUT2D eigenvalue weighted by Gasteiger charge is 2.19. The van der Waals surface area contributed by atoms with Gasteiger partial charge >= 0.3 is 0 Å². The number of benzene rings is 1. The second-order valence-corrected chi connectivity index (χ2v) is 6.41. The van der Waals surface area contributed by atoms with Crippen LogP contribution in [0.4, 0.5) is 0 Å². The highest BCUT2D eigenvalue weighted by molar-refractivity contribution is 6.30. The summed E-state index contributed by atoms with van der Waals surface area (Å²) in [4.78, 5) is 13.5. The first-order valence-electron chi connectivity index (χ1n) is 7.85. The molecular weight excluding hydrogens is 284 g/mol. The maximum atomic E-state index is 11.0.